The van der Waals surface area contributed by atoms with Crippen molar-refractivity contribution in [3.63, 3.8) is 0 Å². The Balaban J connectivity index is 2.23. The molecular formula is C10H16O. The zero-order valence-electron chi connectivity index (χ0n) is 7.55. The van der Waals surface area contributed by atoms with Gasteiger partial charge in [-0.05, 0) is 23.7 Å². The summed E-state index contributed by atoms with van der Waals surface area (Å²) in [6, 6.07) is 0. The molecule has 0 aromatic heterocycles. The van der Waals surface area contributed by atoms with Gasteiger partial charge in [0, 0.05) is 12.3 Å². The highest BCUT2D eigenvalue weighted by Gasteiger charge is 2.55. The van der Waals surface area contributed by atoms with E-state index in [1.54, 1.807) is 0 Å². The molecule has 0 N–H and O–H groups in total. The molecule has 0 saturated heterocycles. The van der Waals surface area contributed by atoms with E-state index in [0.717, 1.165) is 6.42 Å². The van der Waals surface area contributed by atoms with E-state index in [0.29, 0.717) is 29.0 Å². The number of carbonyl (C=O) groups is 1. The Morgan fingerprint density at radius 2 is 2.09 bits per heavy atom. The molecule has 0 amide bonds. The monoisotopic (exact) mass is 152 g/mol. The highest BCUT2D eigenvalue weighted by Crippen LogP contribution is 2.59. The lowest BCUT2D eigenvalue weighted by atomic mass is 9.45. The summed E-state index contributed by atoms with van der Waals surface area (Å²) in [6.45, 7) is 6.73. The lowest BCUT2D eigenvalue weighted by Crippen LogP contribution is -2.55. The average Bonchev–Trinajstić information content (AvgIpc) is 1.93. The molecule has 1 nitrogen and oxygen atoms in total. The third-order valence-corrected chi connectivity index (χ3v) is 4.11. The van der Waals surface area contributed by atoms with E-state index >= 15 is 0 Å². The summed E-state index contributed by atoms with van der Waals surface area (Å²) < 4.78 is 0. The maximum atomic E-state index is 11.3. The molecule has 0 spiro atoms. The first kappa shape index (κ1) is 7.33. The van der Waals surface area contributed by atoms with E-state index in [1.807, 2.05) is 0 Å². The summed E-state index contributed by atoms with van der Waals surface area (Å²) in [7, 11) is 0. The first-order valence-electron chi connectivity index (χ1n) is 4.56. The standard InChI is InChI=1S/C10H16O/c1-6-8-4-7(5-9(6)11)10(8,2)3/h6-8H,4-5H2,1-3H3/t6-,7-,8-/m0/s1. The van der Waals surface area contributed by atoms with Crippen LogP contribution in [0.5, 0.6) is 0 Å². The molecule has 1 heteroatoms. The first-order valence-corrected chi connectivity index (χ1v) is 4.56. The maximum absolute atomic E-state index is 11.3. The molecule has 3 fully saturated rings. The molecule has 0 heterocycles. The lowest BCUT2D eigenvalue weighted by molar-refractivity contribution is -0.152. The van der Waals surface area contributed by atoms with Crippen LogP contribution in [0.4, 0.5) is 0 Å². The van der Waals surface area contributed by atoms with Crippen molar-refractivity contribution in [3.05, 3.63) is 0 Å². The quantitative estimate of drug-likeness (QED) is 0.520. The molecule has 0 aromatic carbocycles. The summed E-state index contributed by atoms with van der Waals surface area (Å²) >= 11 is 0. The van der Waals surface area contributed by atoms with Crippen LogP contribution in [0.25, 0.3) is 0 Å². The Kier molecular flexibility index (Phi) is 1.25. The van der Waals surface area contributed by atoms with Crippen LogP contribution in [0.15, 0.2) is 0 Å². The molecule has 0 unspecified atom stereocenters. The van der Waals surface area contributed by atoms with Crippen molar-refractivity contribution in [2.24, 2.45) is 23.2 Å². The predicted molar refractivity (Wildman–Crippen MR) is 44.2 cm³/mol. The highest BCUT2D eigenvalue weighted by molar-refractivity contribution is 5.83. The predicted octanol–water partition coefficient (Wildman–Crippen LogP) is 2.26. The van der Waals surface area contributed by atoms with Gasteiger partial charge in [0.1, 0.15) is 5.78 Å². The molecule has 3 rings (SSSR count). The number of Topliss-reactive ketones (excluding diaryl/α,β-unsaturated/α-hetero) is 1. The van der Waals surface area contributed by atoms with Gasteiger partial charge in [0.25, 0.3) is 0 Å². The number of carbonyl (C=O) groups excluding carboxylic acids is 1. The SMILES string of the molecule is C[C@@H]1C(=O)C[C@@H]2C[C@@H]1C2(C)C. The number of hydrogen-bond acceptors (Lipinski definition) is 1. The fourth-order valence-electron chi connectivity index (χ4n) is 2.90. The maximum Gasteiger partial charge on any atom is 0.136 e. The number of hydrogen-bond donors (Lipinski definition) is 0. The van der Waals surface area contributed by atoms with Gasteiger partial charge in [-0.1, -0.05) is 20.8 Å². The van der Waals surface area contributed by atoms with E-state index < -0.39 is 0 Å². The third-order valence-electron chi connectivity index (χ3n) is 4.11. The Hall–Kier alpha value is -0.330. The highest BCUT2D eigenvalue weighted by atomic mass is 16.1. The lowest BCUT2D eigenvalue weighted by Gasteiger charge is -2.58. The first-order chi connectivity index (χ1) is 5.03. The van der Waals surface area contributed by atoms with Crippen LogP contribution in [0, 0.1) is 23.2 Å². The number of fused-ring (bicyclic) bond motifs is 2. The molecule has 2 bridgehead atoms. The van der Waals surface area contributed by atoms with Crippen molar-refractivity contribution in [1.82, 2.24) is 0 Å². The Bertz CT molecular complexity index is 205. The molecule has 3 saturated carbocycles. The second-order valence-corrected chi connectivity index (χ2v) is 4.82. The smallest absolute Gasteiger partial charge is 0.136 e. The van der Waals surface area contributed by atoms with E-state index in [2.05, 4.69) is 20.8 Å². The summed E-state index contributed by atoms with van der Waals surface area (Å²) in [5.74, 6) is 2.24. The normalized spacial score (nSPS) is 46.8. The van der Waals surface area contributed by atoms with Gasteiger partial charge in [-0.2, -0.15) is 0 Å². The molecule has 0 aromatic rings. The van der Waals surface area contributed by atoms with Gasteiger partial charge >= 0.3 is 0 Å². The fraction of sp³-hybridized carbons (Fsp3) is 0.900. The fourth-order valence-corrected chi connectivity index (χ4v) is 2.90. The molecule has 0 aliphatic heterocycles. The van der Waals surface area contributed by atoms with Gasteiger partial charge in [-0.25, -0.2) is 0 Å². The number of ketones is 1. The van der Waals surface area contributed by atoms with Gasteiger partial charge in [0.2, 0.25) is 0 Å². The van der Waals surface area contributed by atoms with Crippen molar-refractivity contribution < 1.29 is 4.79 Å². The number of rotatable bonds is 0. The minimum atomic E-state index is 0.343. The van der Waals surface area contributed by atoms with Gasteiger partial charge in [-0.3, -0.25) is 4.79 Å². The molecule has 0 radical (unpaired) electrons. The van der Waals surface area contributed by atoms with Gasteiger partial charge in [0.15, 0.2) is 0 Å². The van der Waals surface area contributed by atoms with Crippen molar-refractivity contribution in [3.8, 4) is 0 Å². The molecule has 3 atom stereocenters. The van der Waals surface area contributed by atoms with Gasteiger partial charge < -0.3 is 0 Å². The van der Waals surface area contributed by atoms with Crippen LogP contribution in [0.3, 0.4) is 0 Å². The summed E-state index contributed by atoms with van der Waals surface area (Å²) in [5.41, 5.74) is 0.466. The average molecular weight is 152 g/mol. The second-order valence-electron chi connectivity index (χ2n) is 4.82. The summed E-state index contributed by atoms with van der Waals surface area (Å²) in [6.07, 6.45) is 2.16. The van der Waals surface area contributed by atoms with E-state index in [4.69, 9.17) is 0 Å². The van der Waals surface area contributed by atoms with Crippen LogP contribution in [-0.2, 0) is 4.79 Å². The topological polar surface area (TPSA) is 17.1 Å². The zero-order chi connectivity index (χ0) is 8.22. The Labute approximate surface area is 68.2 Å². The van der Waals surface area contributed by atoms with Crippen LogP contribution in [0.2, 0.25) is 0 Å². The van der Waals surface area contributed by atoms with Crippen molar-refractivity contribution >= 4 is 5.78 Å². The van der Waals surface area contributed by atoms with Gasteiger partial charge in [-0.15, -0.1) is 0 Å². The Morgan fingerprint density at radius 3 is 2.45 bits per heavy atom. The largest absolute Gasteiger partial charge is 0.299 e. The molecular weight excluding hydrogens is 136 g/mol. The molecule has 3 aliphatic carbocycles. The van der Waals surface area contributed by atoms with Gasteiger partial charge in [0.05, 0.1) is 0 Å². The zero-order valence-corrected chi connectivity index (χ0v) is 7.55. The summed E-state index contributed by atoms with van der Waals surface area (Å²) in [4.78, 5) is 11.3. The van der Waals surface area contributed by atoms with Crippen LogP contribution in [-0.4, -0.2) is 5.78 Å². The third kappa shape index (κ3) is 0.743. The van der Waals surface area contributed by atoms with Crippen molar-refractivity contribution in [1.29, 1.82) is 0 Å². The Morgan fingerprint density at radius 1 is 1.45 bits per heavy atom. The van der Waals surface area contributed by atoms with Crippen LogP contribution in [0.1, 0.15) is 33.6 Å². The van der Waals surface area contributed by atoms with Crippen LogP contribution < -0.4 is 0 Å². The molecule has 11 heavy (non-hydrogen) atoms. The van der Waals surface area contributed by atoms with E-state index in [9.17, 15) is 4.79 Å². The van der Waals surface area contributed by atoms with Crippen molar-refractivity contribution in [2.75, 3.05) is 0 Å². The van der Waals surface area contributed by atoms with E-state index in [-0.39, 0.29) is 0 Å². The van der Waals surface area contributed by atoms with E-state index in [1.165, 1.54) is 6.42 Å². The molecule has 3 aliphatic rings. The minimum absolute atomic E-state index is 0.343. The summed E-state index contributed by atoms with van der Waals surface area (Å²) in [5, 5.41) is 0. The second kappa shape index (κ2) is 1.88. The minimum Gasteiger partial charge on any atom is -0.299 e. The molecule has 62 valence electrons. The van der Waals surface area contributed by atoms with Crippen LogP contribution >= 0.6 is 0 Å². The van der Waals surface area contributed by atoms with Crippen molar-refractivity contribution in [2.45, 2.75) is 33.6 Å².